The fourth-order valence-corrected chi connectivity index (χ4v) is 2.58. The predicted molar refractivity (Wildman–Crippen MR) is 89.3 cm³/mol. The van der Waals surface area contributed by atoms with E-state index in [2.05, 4.69) is 0 Å². The van der Waals surface area contributed by atoms with Gasteiger partial charge in [-0.2, -0.15) is 0 Å². The molecule has 23 heavy (non-hydrogen) atoms. The molecule has 0 fully saturated rings. The third-order valence-corrected chi connectivity index (χ3v) is 3.79. The van der Waals surface area contributed by atoms with Crippen molar-refractivity contribution in [1.82, 2.24) is 0 Å². The molecule has 1 aliphatic heterocycles. The molecule has 0 saturated carbocycles. The zero-order valence-corrected chi connectivity index (χ0v) is 13.2. The number of nitrogens with zero attached hydrogens (tertiary/aromatic N) is 1. The quantitative estimate of drug-likeness (QED) is 0.488. The molecule has 0 aromatic heterocycles. The maximum Gasteiger partial charge on any atom is 0.269 e. The molecule has 0 unspecified atom stereocenters. The lowest BCUT2D eigenvalue weighted by Crippen LogP contribution is -2.41. The van der Waals surface area contributed by atoms with E-state index in [1.165, 1.54) is 6.26 Å². The zero-order chi connectivity index (χ0) is 16.4. The zero-order valence-electron chi connectivity index (χ0n) is 12.5. The van der Waals surface area contributed by atoms with Crippen molar-refractivity contribution in [2.45, 2.75) is 6.92 Å². The first-order valence-corrected chi connectivity index (χ1v) is 7.56. The van der Waals surface area contributed by atoms with Crippen molar-refractivity contribution in [3.8, 4) is 0 Å². The summed E-state index contributed by atoms with van der Waals surface area (Å²) in [6.07, 6.45) is 1.41. The number of imide groups is 1. The number of rotatable bonds is 3. The Morgan fingerprint density at radius 3 is 2.30 bits per heavy atom. The van der Waals surface area contributed by atoms with E-state index in [-0.39, 0.29) is 5.91 Å². The third-order valence-electron chi connectivity index (χ3n) is 3.54. The van der Waals surface area contributed by atoms with Crippen LogP contribution in [0.15, 0.2) is 54.8 Å². The molecule has 0 atom stereocenters. The molecule has 2 aromatic carbocycles. The predicted octanol–water partition coefficient (Wildman–Crippen LogP) is 3.90. The van der Waals surface area contributed by atoms with Crippen molar-refractivity contribution in [3.05, 3.63) is 70.9 Å². The van der Waals surface area contributed by atoms with Crippen LogP contribution >= 0.6 is 11.6 Å². The summed E-state index contributed by atoms with van der Waals surface area (Å²) in [5.74, 6) is -0.772. The molecular weight excluding hydrogens is 314 g/mol. The normalized spacial score (nSPS) is 15.7. The van der Waals surface area contributed by atoms with Crippen LogP contribution in [0.3, 0.4) is 0 Å². The van der Waals surface area contributed by atoms with Crippen molar-refractivity contribution >= 4 is 34.7 Å². The van der Waals surface area contributed by atoms with E-state index < -0.39 is 5.91 Å². The number of halogens is 1. The number of hydrogen-bond acceptors (Lipinski definition) is 3. The molecule has 4 nitrogen and oxygen atoms in total. The molecule has 1 aliphatic rings. The Balaban J connectivity index is 2.14. The highest BCUT2D eigenvalue weighted by Gasteiger charge is 2.36. The summed E-state index contributed by atoms with van der Waals surface area (Å²) in [5, 5.41) is 0.538. The monoisotopic (exact) mass is 327 g/mol. The Labute approximate surface area is 138 Å². The van der Waals surface area contributed by atoms with E-state index in [0.717, 1.165) is 4.90 Å². The maximum atomic E-state index is 12.8. The first kappa shape index (κ1) is 15.3. The molecule has 2 amide bonds. The second kappa shape index (κ2) is 6.26. The van der Waals surface area contributed by atoms with E-state index in [0.29, 0.717) is 34.0 Å². The Morgan fingerprint density at radius 1 is 1.00 bits per heavy atom. The minimum Gasteiger partial charge on any atom is -0.501 e. The van der Waals surface area contributed by atoms with Gasteiger partial charge in [0.15, 0.2) is 0 Å². The number of amides is 2. The average Bonchev–Trinajstić information content (AvgIpc) is 2.57. The Kier molecular flexibility index (Phi) is 4.17. The first-order valence-electron chi connectivity index (χ1n) is 7.19. The molecule has 116 valence electrons. The van der Waals surface area contributed by atoms with Gasteiger partial charge in [0.25, 0.3) is 11.8 Å². The highest BCUT2D eigenvalue weighted by Crippen LogP contribution is 2.32. The molecule has 0 aliphatic carbocycles. The largest absolute Gasteiger partial charge is 0.501 e. The second-order valence-electron chi connectivity index (χ2n) is 4.95. The van der Waals surface area contributed by atoms with Gasteiger partial charge >= 0.3 is 0 Å². The molecular formula is C18H14ClNO3. The van der Waals surface area contributed by atoms with Crippen LogP contribution < -0.4 is 4.90 Å². The van der Waals surface area contributed by atoms with Gasteiger partial charge in [0.2, 0.25) is 0 Å². The summed E-state index contributed by atoms with van der Waals surface area (Å²) in [7, 11) is 0. The summed E-state index contributed by atoms with van der Waals surface area (Å²) >= 11 is 5.88. The van der Waals surface area contributed by atoms with Gasteiger partial charge in [-0.05, 0) is 37.3 Å². The molecule has 0 radical (unpaired) electrons. The summed E-state index contributed by atoms with van der Waals surface area (Å²) < 4.78 is 5.30. The molecule has 3 rings (SSSR count). The van der Waals surface area contributed by atoms with Crippen molar-refractivity contribution < 1.29 is 14.3 Å². The van der Waals surface area contributed by atoms with Crippen molar-refractivity contribution in [1.29, 1.82) is 0 Å². The molecule has 0 N–H and O–H groups in total. The van der Waals surface area contributed by atoms with Crippen LogP contribution in [0.2, 0.25) is 5.02 Å². The second-order valence-corrected chi connectivity index (χ2v) is 5.39. The van der Waals surface area contributed by atoms with Crippen LogP contribution in [0.1, 0.15) is 22.8 Å². The number of hydrogen-bond donors (Lipinski definition) is 0. The smallest absolute Gasteiger partial charge is 0.269 e. The highest BCUT2D eigenvalue weighted by molar-refractivity contribution is 6.41. The van der Waals surface area contributed by atoms with Crippen molar-refractivity contribution in [3.63, 3.8) is 0 Å². The molecule has 0 bridgehead atoms. The van der Waals surface area contributed by atoms with E-state index >= 15 is 0 Å². The maximum absolute atomic E-state index is 12.8. The summed E-state index contributed by atoms with van der Waals surface area (Å²) in [4.78, 5) is 26.7. The van der Waals surface area contributed by atoms with Crippen molar-refractivity contribution in [2.24, 2.45) is 0 Å². The Morgan fingerprint density at radius 2 is 1.65 bits per heavy atom. The topological polar surface area (TPSA) is 46.6 Å². The van der Waals surface area contributed by atoms with Crippen LogP contribution in [-0.4, -0.2) is 18.4 Å². The summed E-state index contributed by atoms with van der Waals surface area (Å²) in [6.45, 7) is 2.27. The van der Waals surface area contributed by atoms with Gasteiger partial charge in [-0.15, -0.1) is 0 Å². The van der Waals surface area contributed by atoms with Crippen LogP contribution in [-0.2, 0) is 9.53 Å². The third kappa shape index (κ3) is 2.73. The lowest BCUT2D eigenvalue weighted by atomic mass is 9.94. The van der Waals surface area contributed by atoms with Crippen LogP contribution in [0.25, 0.3) is 5.57 Å². The molecule has 0 saturated heterocycles. The van der Waals surface area contributed by atoms with Crippen LogP contribution in [0.5, 0.6) is 0 Å². The van der Waals surface area contributed by atoms with E-state index in [1.54, 1.807) is 48.5 Å². The number of carbonyl (C=O) groups excluding carboxylic acids is 2. The number of benzene rings is 2. The SMILES string of the molecule is CCOC=C1C(=O)N(c2ccc(Cl)cc2)C(=O)c2ccccc21. The minimum absolute atomic E-state index is 0.358. The van der Waals surface area contributed by atoms with Crippen molar-refractivity contribution in [2.75, 3.05) is 11.5 Å². The van der Waals surface area contributed by atoms with Gasteiger partial charge in [0, 0.05) is 16.1 Å². The molecule has 1 heterocycles. The Bertz CT molecular complexity index is 796. The molecule has 2 aromatic rings. The number of ether oxygens (including phenoxy) is 1. The minimum atomic E-state index is -0.413. The summed E-state index contributed by atoms with van der Waals surface area (Å²) in [5.41, 5.74) is 1.88. The van der Waals surface area contributed by atoms with Crippen LogP contribution in [0, 0.1) is 0 Å². The van der Waals surface area contributed by atoms with Gasteiger partial charge < -0.3 is 4.74 Å². The molecule has 5 heteroatoms. The lowest BCUT2D eigenvalue weighted by Gasteiger charge is -2.28. The van der Waals surface area contributed by atoms with E-state index in [9.17, 15) is 9.59 Å². The lowest BCUT2D eigenvalue weighted by molar-refractivity contribution is -0.113. The van der Waals surface area contributed by atoms with Gasteiger partial charge in [-0.3, -0.25) is 9.59 Å². The van der Waals surface area contributed by atoms with Gasteiger partial charge in [0.05, 0.1) is 24.1 Å². The van der Waals surface area contributed by atoms with Gasteiger partial charge in [-0.25, -0.2) is 4.90 Å². The molecule has 0 spiro atoms. The number of carbonyl (C=O) groups is 2. The average molecular weight is 328 g/mol. The van der Waals surface area contributed by atoms with Crippen LogP contribution in [0.4, 0.5) is 5.69 Å². The highest BCUT2D eigenvalue weighted by atomic mass is 35.5. The number of fused-ring (bicyclic) bond motifs is 1. The summed E-state index contributed by atoms with van der Waals surface area (Å²) in [6, 6.07) is 13.6. The fourth-order valence-electron chi connectivity index (χ4n) is 2.46. The van der Waals surface area contributed by atoms with Gasteiger partial charge in [-0.1, -0.05) is 29.8 Å². The Hall–Kier alpha value is -2.59. The van der Waals surface area contributed by atoms with E-state index in [4.69, 9.17) is 16.3 Å². The first-order chi connectivity index (χ1) is 11.1. The number of anilines is 1. The van der Waals surface area contributed by atoms with Gasteiger partial charge in [0.1, 0.15) is 0 Å². The standard InChI is InChI=1S/C18H14ClNO3/c1-2-23-11-16-14-5-3-4-6-15(14)17(21)20(18(16)22)13-9-7-12(19)8-10-13/h3-11H,2H2,1H3. The fraction of sp³-hybridized carbons (Fsp3) is 0.111. The van der Waals surface area contributed by atoms with E-state index in [1.807, 2.05) is 6.92 Å².